The fraction of sp³-hybridized carbons (Fsp3) is 0.250. The Hall–Kier alpha value is -1.85. The lowest BCUT2D eigenvalue weighted by molar-refractivity contribution is 0.595. The molecule has 0 bridgehead atoms. The Balaban J connectivity index is 2.04. The maximum Gasteiger partial charge on any atom is 0.233 e. The number of sulfonamides is 1. The van der Waals surface area contributed by atoms with E-state index in [-0.39, 0.29) is 11.7 Å². The van der Waals surface area contributed by atoms with E-state index in [0.29, 0.717) is 12.2 Å². The Bertz CT molecular complexity index is 667. The summed E-state index contributed by atoms with van der Waals surface area (Å²) >= 11 is 0. The SMILES string of the molecule is CC(CS(=O)(=O)Nc1ccc(CN)cc1)c1ccccc1. The highest BCUT2D eigenvalue weighted by Gasteiger charge is 2.17. The Labute approximate surface area is 126 Å². The van der Waals surface area contributed by atoms with Crippen molar-refractivity contribution in [3.05, 3.63) is 65.7 Å². The van der Waals surface area contributed by atoms with Crippen LogP contribution >= 0.6 is 0 Å². The van der Waals surface area contributed by atoms with Crippen molar-refractivity contribution in [3.8, 4) is 0 Å². The molecule has 0 radical (unpaired) electrons. The first-order chi connectivity index (χ1) is 10.00. The van der Waals surface area contributed by atoms with Crippen molar-refractivity contribution >= 4 is 15.7 Å². The molecule has 2 rings (SSSR count). The summed E-state index contributed by atoms with van der Waals surface area (Å²) in [6.07, 6.45) is 0. The first-order valence-corrected chi connectivity index (χ1v) is 8.50. The number of anilines is 1. The zero-order chi connectivity index (χ0) is 15.3. The van der Waals surface area contributed by atoms with Crippen LogP contribution in [0.3, 0.4) is 0 Å². The summed E-state index contributed by atoms with van der Waals surface area (Å²) in [6.45, 7) is 2.35. The van der Waals surface area contributed by atoms with E-state index in [9.17, 15) is 8.42 Å². The van der Waals surface area contributed by atoms with Crippen molar-refractivity contribution in [2.75, 3.05) is 10.5 Å². The molecule has 2 aromatic rings. The van der Waals surface area contributed by atoms with Gasteiger partial charge in [0.2, 0.25) is 10.0 Å². The maximum absolute atomic E-state index is 12.2. The predicted octanol–water partition coefficient (Wildman–Crippen LogP) is 2.69. The Morgan fingerprint density at radius 3 is 2.24 bits per heavy atom. The minimum Gasteiger partial charge on any atom is -0.326 e. The summed E-state index contributed by atoms with van der Waals surface area (Å²) in [4.78, 5) is 0. The minimum absolute atomic E-state index is 0.0512. The van der Waals surface area contributed by atoms with Crippen LogP contribution in [-0.2, 0) is 16.6 Å². The third kappa shape index (κ3) is 4.58. The van der Waals surface area contributed by atoms with Gasteiger partial charge in [-0.2, -0.15) is 0 Å². The standard InChI is InChI=1S/C16H20N2O2S/c1-13(15-5-3-2-4-6-15)12-21(19,20)18-16-9-7-14(11-17)8-10-16/h2-10,13,18H,11-12,17H2,1H3. The summed E-state index contributed by atoms with van der Waals surface area (Å²) in [6, 6.07) is 16.7. The highest BCUT2D eigenvalue weighted by Crippen LogP contribution is 2.18. The van der Waals surface area contributed by atoms with Crippen LogP contribution in [0.2, 0.25) is 0 Å². The molecule has 0 saturated heterocycles. The van der Waals surface area contributed by atoms with Crippen molar-refractivity contribution in [3.63, 3.8) is 0 Å². The minimum atomic E-state index is -3.38. The van der Waals surface area contributed by atoms with E-state index >= 15 is 0 Å². The van der Waals surface area contributed by atoms with Gasteiger partial charge in [0.1, 0.15) is 0 Å². The topological polar surface area (TPSA) is 72.2 Å². The van der Waals surface area contributed by atoms with E-state index in [1.54, 1.807) is 12.1 Å². The quantitative estimate of drug-likeness (QED) is 0.862. The molecule has 112 valence electrons. The lowest BCUT2D eigenvalue weighted by Gasteiger charge is -2.14. The van der Waals surface area contributed by atoms with Crippen LogP contribution in [0.1, 0.15) is 24.0 Å². The molecule has 0 amide bonds. The lowest BCUT2D eigenvalue weighted by Crippen LogP contribution is -2.20. The molecule has 1 unspecified atom stereocenters. The fourth-order valence-electron chi connectivity index (χ4n) is 2.14. The van der Waals surface area contributed by atoms with E-state index in [0.717, 1.165) is 11.1 Å². The molecule has 0 aliphatic heterocycles. The second-order valence-corrected chi connectivity index (χ2v) is 6.86. The molecular formula is C16H20N2O2S. The summed E-state index contributed by atoms with van der Waals surface area (Å²) in [5, 5.41) is 0. The lowest BCUT2D eigenvalue weighted by atomic mass is 10.0. The van der Waals surface area contributed by atoms with Gasteiger partial charge in [-0.25, -0.2) is 8.42 Å². The zero-order valence-electron chi connectivity index (χ0n) is 12.0. The number of nitrogens with two attached hydrogens (primary N) is 1. The fourth-order valence-corrected chi connectivity index (χ4v) is 3.57. The van der Waals surface area contributed by atoms with Crippen LogP contribution in [0.15, 0.2) is 54.6 Å². The first-order valence-electron chi connectivity index (χ1n) is 6.84. The van der Waals surface area contributed by atoms with E-state index in [4.69, 9.17) is 5.73 Å². The van der Waals surface area contributed by atoms with Crippen molar-refractivity contribution in [1.82, 2.24) is 0 Å². The van der Waals surface area contributed by atoms with Crippen molar-refractivity contribution in [2.45, 2.75) is 19.4 Å². The first kappa shape index (κ1) is 15.5. The largest absolute Gasteiger partial charge is 0.326 e. The molecule has 0 saturated carbocycles. The monoisotopic (exact) mass is 304 g/mol. The van der Waals surface area contributed by atoms with Crippen molar-refractivity contribution in [2.24, 2.45) is 5.73 Å². The molecule has 0 fully saturated rings. The van der Waals surface area contributed by atoms with Gasteiger partial charge in [-0.05, 0) is 29.2 Å². The summed E-state index contributed by atoms with van der Waals surface area (Å²) in [5.41, 5.74) is 8.06. The van der Waals surface area contributed by atoms with Gasteiger partial charge in [0, 0.05) is 12.2 Å². The van der Waals surface area contributed by atoms with Gasteiger partial charge >= 0.3 is 0 Å². The molecule has 0 aliphatic carbocycles. The van der Waals surface area contributed by atoms with Gasteiger partial charge in [0.05, 0.1) is 5.75 Å². The Morgan fingerprint density at radius 1 is 1.05 bits per heavy atom. The average molecular weight is 304 g/mol. The van der Waals surface area contributed by atoms with Gasteiger partial charge < -0.3 is 5.73 Å². The third-order valence-electron chi connectivity index (χ3n) is 3.30. The van der Waals surface area contributed by atoms with Crippen LogP contribution in [0.25, 0.3) is 0 Å². The molecule has 0 heterocycles. The third-order valence-corrected chi connectivity index (χ3v) is 4.79. The summed E-state index contributed by atoms with van der Waals surface area (Å²) < 4.78 is 27.0. The zero-order valence-corrected chi connectivity index (χ0v) is 12.8. The van der Waals surface area contributed by atoms with Crippen LogP contribution in [-0.4, -0.2) is 14.2 Å². The van der Waals surface area contributed by atoms with Crippen LogP contribution in [0, 0.1) is 0 Å². The molecular weight excluding hydrogens is 284 g/mol. The molecule has 4 nitrogen and oxygen atoms in total. The molecule has 0 spiro atoms. The molecule has 0 aliphatic rings. The molecule has 2 aromatic carbocycles. The molecule has 5 heteroatoms. The normalized spacial score (nSPS) is 12.9. The maximum atomic E-state index is 12.2. The van der Waals surface area contributed by atoms with Gasteiger partial charge in [-0.3, -0.25) is 4.72 Å². The Kier molecular flexibility index (Phi) is 4.98. The highest BCUT2D eigenvalue weighted by molar-refractivity contribution is 7.92. The highest BCUT2D eigenvalue weighted by atomic mass is 32.2. The van der Waals surface area contributed by atoms with Crippen LogP contribution < -0.4 is 10.5 Å². The predicted molar refractivity (Wildman–Crippen MR) is 86.6 cm³/mol. The number of hydrogen-bond donors (Lipinski definition) is 2. The van der Waals surface area contributed by atoms with E-state index < -0.39 is 10.0 Å². The molecule has 0 aromatic heterocycles. The van der Waals surface area contributed by atoms with E-state index in [1.807, 2.05) is 49.4 Å². The van der Waals surface area contributed by atoms with Crippen molar-refractivity contribution < 1.29 is 8.42 Å². The average Bonchev–Trinajstić information content (AvgIpc) is 2.48. The van der Waals surface area contributed by atoms with Crippen molar-refractivity contribution in [1.29, 1.82) is 0 Å². The van der Waals surface area contributed by atoms with Gasteiger partial charge in [-0.15, -0.1) is 0 Å². The van der Waals surface area contributed by atoms with E-state index in [1.165, 1.54) is 0 Å². The molecule has 3 N–H and O–H groups in total. The second kappa shape index (κ2) is 6.74. The Morgan fingerprint density at radius 2 is 1.67 bits per heavy atom. The number of nitrogens with one attached hydrogen (secondary N) is 1. The number of benzene rings is 2. The molecule has 1 atom stereocenters. The summed E-state index contributed by atoms with van der Waals surface area (Å²) in [7, 11) is -3.38. The van der Waals surface area contributed by atoms with E-state index in [2.05, 4.69) is 4.72 Å². The second-order valence-electron chi connectivity index (χ2n) is 5.10. The summed E-state index contributed by atoms with van der Waals surface area (Å²) in [5.74, 6) is -0.0117. The van der Waals surface area contributed by atoms with Crippen LogP contribution in [0.5, 0.6) is 0 Å². The molecule has 21 heavy (non-hydrogen) atoms. The van der Waals surface area contributed by atoms with Gasteiger partial charge in [0.25, 0.3) is 0 Å². The van der Waals surface area contributed by atoms with Crippen LogP contribution in [0.4, 0.5) is 5.69 Å². The van der Waals surface area contributed by atoms with Gasteiger partial charge in [-0.1, -0.05) is 49.4 Å². The number of hydrogen-bond acceptors (Lipinski definition) is 3. The number of rotatable bonds is 6. The smallest absolute Gasteiger partial charge is 0.233 e. The van der Waals surface area contributed by atoms with Gasteiger partial charge in [0.15, 0.2) is 0 Å².